The van der Waals surface area contributed by atoms with Crippen LogP contribution in [-0.2, 0) is 10.2 Å². The smallest absolute Gasteiger partial charge is 0.406 e. The first-order valence-corrected chi connectivity index (χ1v) is 8.78. The minimum absolute atomic E-state index is 0.109. The number of nitrogens with one attached hydrogen (secondary N) is 1. The van der Waals surface area contributed by atoms with E-state index in [0.29, 0.717) is 26.9 Å². The second-order valence-corrected chi connectivity index (χ2v) is 7.70. The molecule has 4 rings (SSSR count). The van der Waals surface area contributed by atoms with Gasteiger partial charge in [-0.15, -0.1) is 13.2 Å². The van der Waals surface area contributed by atoms with Gasteiger partial charge in [0, 0.05) is 22.9 Å². The summed E-state index contributed by atoms with van der Waals surface area (Å²) in [6, 6.07) is 3.96. The molecule has 1 aliphatic carbocycles. The molecule has 0 saturated heterocycles. The highest BCUT2D eigenvalue weighted by atomic mass is 32.2. The van der Waals surface area contributed by atoms with Gasteiger partial charge in [-0.05, 0) is 32.0 Å². The number of hydrogen-bond acceptors (Lipinski definition) is 5. The monoisotopic (exact) mass is 393 g/mol. The zero-order valence-electron chi connectivity index (χ0n) is 14.3. The number of ether oxygens (including phenoxy) is 1. The van der Waals surface area contributed by atoms with Gasteiger partial charge in [-0.3, -0.25) is 4.79 Å². The fourth-order valence-corrected chi connectivity index (χ4v) is 4.23. The molecule has 0 atom stereocenters. The number of hydrogen-bond donors (Lipinski definition) is 1. The minimum Gasteiger partial charge on any atom is -0.406 e. The van der Waals surface area contributed by atoms with Crippen LogP contribution in [0.25, 0.3) is 11.1 Å². The van der Waals surface area contributed by atoms with E-state index in [9.17, 15) is 18.0 Å². The Morgan fingerprint density at radius 1 is 1.37 bits per heavy atom. The minimum atomic E-state index is -4.77. The molecule has 2 heterocycles. The largest absolute Gasteiger partial charge is 0.573 e. The van der Waals surface area contributed by atoms with E-state index in [0.717, 1.165) is 5.56 Å². The fraction of sp³-hybridized carbons (Fsp3) is 0.222. The number of carbonyl (C=O) groups excluding carboxylic acids is 1. The maximum absolute atomic E-state index is 13.0. The third kappa shape index (κ3) is 2.82. The third-order valence-corrected chi connectivity index (χ3v) is 5.65. The van der Waals surface area contributed by atoms with Crippen LogP contribution < -0.4 is 10.1 Å². The number of ketones is 1. The van der Waals surface area contributed by atoms with Gasteiger partial charge in [0.2, 0.25) is 0 Å². The van der Waals surface area contributed by atoms with E-state index in [1.807, 2.05) is 13.8 Å². The summed E-state index contributed by atoms with van der Waals surface area (Å²) in [5.41, 5.74) is 1.50. The number of allylic oxidation sites excluding steroid dienone is 1. The molecule has 0 spiro atoms. The van der Waals surface area contributed by atoms with E-state index >= 15 is 0 Å². The van der Waals surface area contributed by atoms with Crippen LogP contribution in [0.1, 0.15) is 25.1 Å². The number of carbonyl (C=O) groups is 1. The van der Waals surface area contributed by atoms with E-state index in [2.05, 4.69) is 21.7 Å². The predicted octanol–water partition coefficient (Wildman–Crippen LogP) is 4.63. The number of fused-ring (bicyclic) bond motifs is 3. The number of thioether (sulfide) groups is 1. The Morgan fingerprint density at radius 2 is 2.11 bits per heavy atom. The van der Waals surface area contributed by atoms with Crippen molar-refractivity contribution in [1.82, 2.24) is 9.78 Å². The van der Waals surface area contributed by atoms with E-state index < -0.39 is 11.8 Å². The number of benzene rings is 1. The maximum Gasteiger partial charge on any atom is 0.573 e. The van der Waals surface area contributed by atoms with Gasteiger partial charge in [0.25, 0.3) is 0 Å². The lowest BCUT2D eigenvalue weighted by Crippen LogP contribution is -2.37. The number of alkyl halides is 3. The first-order valence-electron chi connectivity index (χ1n) is 7.96. The first-order chi connectivity index (χ1) is 12.6. The number of Topliss-reactive ketones (excluding diaryl/α,β-unsaturated/α-hetero) is 1. The van der Waals surface area contributed by atoms with Crippen LogP contribution in [0.15, 0.2) is 41.6 Å². The van der Waals surface area contributed by atoms with Crippen molar-refractivity contribution >= 4 is 34.3 Å². The molecule has 0 radical (unpaired) electrons. The van der Waals surface area contributed by atoms with Crippen molar-refractivity contribution in [2.75, 3.05) is 5.32 Å². The molecule has 2 aromatic rings. The fourth-order valence-electron chi connectivity index (χ4n) is 3.11. The summed E-state index contributed by atoms with van der Waals surface area (Å²) in [6.07, 6.45) is -1.52. The van der Waals surface area contributed by atoms with Gasteiger partial charge in [0.05, 0.1) is 21.7 Å². The topological polar surface area (TPSA) is 56.1 Å². The van der Waals surface area contributed by atoms with E-state index in [1.54, 1.807) is 6.20 Å². The molecule has 1 aliphatic heterocycles. The summed E-state index contributed by atoms with van der Waals surface area (Å²) in [4.78, 5) is 14.1. The Hall–Kier alpha value is -2.68. The SMILES string of the molecule is C=Cn1cc2c(n1)C1=C(Nc3ccc(OC(F)(F)F)cc3S1)C(=O)C2(C)C. The lowest BCUT2D eigenvalue weighted by Gasteiger charge is -2.34. The van der Waals surface area contributed by atoms with Crippen molar-refractivity contribution in [3.05, 3.63) is 47.9 Å². The second-order valence-electron chi connectivity index (χ2n) is 6.65. The van der Waals surface area contributed by atoms with Gasteiger partial charge in [0.1, 0.15) is 11.4 Å². The Kier molecular flexibility index (Phi) is 3.71. The van der Waals surface area contributed by atoms with Gasteiger partial charge >= 0.3 is 6.36 Å². The van der Waals surface area contributed by atoms with Crippen LogP contribution in [0.5, 0.6) is 5.75 Å². The summed E-state index contributed by atoms with van der Waals surface area (Å²) in [5.74, 6) is -0.429. The van der Waals surface area contributed by atoms with Gasteiger partial charge in [-0.25, -0.2) is 4.68 Å². The predicted molar refractivity (Wildman–Crippen MR) is 96.2 cm³/mol. The summed E-state index contributed by atoms with van der Waals surface area (Å²) in [5, 5.41) is 7.51. The maximum atomic E-state index is 13.0. The van der Waals surface area contributed by atoms with Gasteiger partial charge in [-0.1, -0.05) is 18.3 Å². The molecular formula is C18H14F3N3O2S. The van der Waals surface area contributed by atoms with Crippen molar-refractivity contribution in [3.63, 3.8) is 0 Å². The lowest BCUT2D eigenvalue weighted by molar-refractivity contribution is -0.274. The second kappa shape index (κ2) is 5.66. The number of nitrogens with zero attached hydrogens (tertiary/aromatic N) is 2. The van der Waals surface area contributed by atoms with E-state index in [4.69, 9.17) is 0 Å². The average Bonchev–Trinajstić information content (AvgIpc) is 3.03. The van der Waals surface area contributed by atoms with Crippen molar-refractivity contribution in [2.24, 2.45) is 0 Å². The molecule has 140 valence electrons. The highest BCUT2D eigenvalue weighted by molar-refractivity contribution is 8.08. The highest BCUT2D eigenvalue weighted by Crippen LogP contribution is 2.51. The first kappa shape index (κ1) is 17.7. The highest BCUT2D eigenvalue weighted by Gasteiger charge is 2.44. The van der Waals surface area contributed by atoms with Crippen molar-refractivity contribution < 1.29 is 22.7 Å². The quantitative estimate of drug-likeness (QED) is 0.806. The normalized spacial score (nSPS) is 17.6. The van der Waals surface area contributed by atoms with Crippen LogP contribution in [0, 0.1) is 0 Å². The number of anilines is 1. The molecule has 1 aromatic heterocycles. The Morgan fingerprint density at radius 3 is 2.78 bits per heavy atom. The van der Waals surface area contributed by atoms with Gasteiger partial charge in [0.15, 0.2) is 5.78 Å². The number of halogens is 3. The summed E-state index contributed by atoms with van der Waals surface area (Å²) in [6.45, 7) is 7.31. The molecule has 1 N–H and O–H groups in total. The Labute approximate surface area is 156 Å². The molecule has 5 nitrogen and oxygen atoms in total. The third-order valence-electron chi connectivity index (χ3n) is 4.49. The van der Waals surface area contributed by atoms with Crippen molar-refractivity contribution in [2.45, 2.75) is 30.5 Å². The summed E-state index contributed by atoms with van der Waals surface area (Å²) in [7, 11) is 0. The zero-order chi connectivity index (χ0) is 19.6. The standard InChI is InChI=1S/C18H14F3N3O2S/c1-4-24-8-10-13(23-24)15-14(16(25)17(10,2)3)22-11-6-5-9(7-12(11)27-15)26-18(19,20)21/h4-8,22H,1H2,2-3H3. The van der Waals surface area contributed by atoms with Crippen molar-refractivity contribution in [1.29, 1.82) is 0 Å². The molecular weight excluding hydrogens is 379 g/mol. The van der Waals surface area contributed by atoms with E-state index in [1.165, 1.54) is 40.8 Å². The molecule has 2 aliphatic rings. The molecule has 0 bridgehead atoms. The Balaban J connectivity index is 1.80. The average molecular weight is 393 g/mol. The molecule has 27 heavy (non-hydrogen) atoms. The molecule has 1 aromatic carbocycles. The van der Waals surface area contributed by atoms with Gasteiger partial charge in [-0.2, -0.15) is 5.10 Å². The zero-order valence-corrected chi connectivity index (χ0v) is 15.2. The molecule has 0 unspecified atom stereocenters. The molecule has 0 saturated carbocycles. The number of rotatable bonds is 2. The molecule has 0 fully saturated rings. The van der Waals surface area contributed by atoms with Crippen LogP contribution >= 0.6 is 11.8 Å². The number of aromatic nitrogens is 2. The van der Waals surface area contributed by atoms with Crippen LogP contribution in [0.2, 0.25) is 0 Å². The van der Waals surface area contributed by atoms with Crippen LogP contribution in [-0.4, -0.2) is 21.9 Å². The van der Waals surface area contributed by atoms with Crippen molar-refractivity contribution in [3.8, 4) is 5.75 Å². The molecule has 0 amide bonds. The Bertz CT molecular complexity index is 1020. The summed E-state index contributed by atoms with van der Waals surface area (Å²) < 4.78 is 43.0. The summed E-state index contributed by atoms with van der Waals surface area (Å²) >= 11 is 1.19. The van der Waals surface area contributed by atoms with E-state index in [-0.39, 0.29) is 11.5 Å². The van der Waals surface area contributed by atoms with Gasteiger partial charge < -0.3 is 10.1 Å². The van der Waals surface area contributed by atoms with Crippen LogP contribution in [0.3, 0.4) is 0 Å². The molecule has 9 heteroatoms. The lowest BCUT2D eigenvalue weighted by atomic mass is 9.76. The van der Waals surface area contributed by atoms with Crippen LogP contribution in [0.4, 0.5) is 18.9 Å².